The van der Waals surface area contributed by atoms with Crippen LogP contribution in [0.5, 0.6) is 0 Å². The second kappa shape index (κ2) is 5.31. The zero-order valence-electron chi connectivity index (χ0n) is 8.68. The van der Waals surface area contributed by atoms with E-state index in [1.807, 2.05) is 6.92 Å². The predicted octanol–water partition coefficient (Wildman–Crippen LogP) is 0.118. The molecule has 0 aliphatic rings. The molecule has 0 aliphatic carbocycles. The van der Waals surface area contributed by atoms with E-state index in [0.29, 0.717) is 18.8 Å². The maximum atomic E-state index is 11.9. The van der Waals surface area contributed by atoms with Crippen molar-refractivity contribution in [2.45, 2.75) is 6.92 Å². The molecule has 82 valence electrons. The standard InChI is InChI=1S/C10H15N3O2/c1-2-13(6-7-14)10(15)9-8(11)4-3-5-12-9/h3-5,14H,2,6-7,11H2,1H3. The minimum absolute atomic E-state index is 0.0632. The minimum Gasteiger partial charge on any atom is -0.397 e. The maximum Gasteiger partial charge on any atom is 0.274 e. The molecular formula is C10H15N3O2. The lowest BCUT2D eigenvalue weighted by molar-refractivity contribution is 0.0727. The number of hydrogen-bond donors (Lipinski definition) is 2. The Labute approximate surface area is 88.5 Å². The van der Waals surface area contributed by atoms with Gasteiger partial charge >= 0.3 is 0 Å². The number of aliphatic hydroxyl groups excluding tert-OH is 1. The van der Waals surface area contributed by atoms with E-state index in [9.17, 15) is 4.79 Å². The van der Waals surface area contributed by atoms with Gasteiger partial charge in [0, 0.05) is 19.3 Å². The number of aliphatic hydroxyl groups is 1. The van der Waals surface area contributed by atoms with Gasteiger partial charge in [0.15, 0.2) is 5.69 Å². The lowest BCUT2D eigenvalue weighted by Crippen LogP contribution is -2.34. The summed E-state index contributed by atoms with van der Waals surface area (Å²) in [6.45, 7) is 2.60. The second-order valence-corrected chi connectivity index (χ2v) is 3.05. The molecule has 0 fully saturated rings. The molecule has 5 heteroatoms. The van der Waals surface area contributed by atoms with Crippen LogP contribution in [0.2, 0.25) is 0 Å². The molecule has 0 saturated heterocycles. The molecule has 1 aromatic heterocycles. The zero-order valence-corrected chi connectivity index (χ0v) is 8.68. The van der Waals surface area contributed by atoms with E-state index in [-0.39, 0.29) is 18.2 Å². The number of nitrogen functional groups attached to an aromatic ring is 1. The molecule has 1 rings (SSSR count). The van der Waals surface area contributed by atoms with Crippen LogP contribution in [0.4, 0.5) is 5.69 Å². The molecule has 15 heavy (non-hydrogen) atoms. The number of nitrogens with two attached hydrogens (primary N) is 1. The molecule has 1 aromatic rings. The summed E-state index contributed by atoms with van der Waals surface area (Å²) in [6.07, 6.45) is 1.52. The molecule has 5 nitrogen and oxygen atoms in total. The highest BCUT2D eigenvalue weighted by molar-refractivity contribution is 5.97. The van der Waals surface area contributed by atoms with Crippen LogP contribution in [0.15, 0.2) is 18.3 Å². The van der Waals surface area contributed by atoms with Gasteiger partial charge in [-0.05, 0) is 19.1 Å². The Bertz CT molecular complexity index is 341. The number of rotatable bonds is 4. The summed E-state index contributed by atoms with van der Waals surface area (Å²) in [7, 11) is 0. The van der Waals surface area contributed by atoms with Crippen molar-refractivity contribution in [2.24, 2.45) is 0 Å². The Morgan fingerprint density at radius 2 is 2.40 bits per heavy atom. The van der Waals surface area contributed by atoms with Gasteiger partial charge in [-0.3, -0.25) is 4.79 Å². The van der Waals surface area contributed by atoms with Crippen molar-refractivity contribution in [1.82, 2.24) is 9.88 Å². The van der Waals surface area contributed by atoms with Crippen molar-refractivity contribution >= 4 is 11.6 Å². The van der Waals surface area contributed by atoms with Crippen LogP contribution < -0.4 is 5.73 Å². The number of pyridine rings is 1. The van der Waals surface area contributed by atoms with Gasteiger partial charge in [-0.2, -0.15) is 0 Å². The number of anilines is 1. The third-order valence-electron chi connectivity index (χ3n) is 2.08. The molecule has 0 radical (unpaired) electrons. The Hall–Kier alpha value is -1.62. The summed E-state index contributed by atoms with van der Waals surface area (Å²) in [4.78, 5) is 17.3. The first-order chi connectivity index (χ1) is 7.20. The fraction of sp³-hybridized carbons (Fsp3) is 0.400. The number of likely N-dealkylation sites (N-methyl/N-ethyl adjacent to an activating group) is 1. The largest absolute Gasteiger partial charge is 0.397 e. The third kappa shape index (κ3) is 2.66. The van der Waals surface area contributed by atoms with E-state index >= 15 is 0 Å². The fourth-order valence-electron chi connectivity index (χ4n) is 1.27. The van der Waals surface area contributed by atoms with Crippen LogP contribution in [0.25, 0.3) is 0 Å². The van der Waals surface area contributed by atoms with Crippen LogP contribution in [0, 0.1) is 0 Å². The van der Waals surface area contributed by atoms with Crippen molar-refractivity contribution in [3.63, 3.8) is 0 Å². The normalized spacial score (nSPS) is 10.0. The summed E-state index contributed by atoms with van der Waals surface area (Å²) in [5.74, 6) is -0.246. The van der Waals surface area contributed by atoms with Crippen LogP contribution in [0.1, 0.15) is 17.4 Å². The molecule has 1 amide bonds. The molecule has 1 heterocycles. The monoisotopic (exact) mass is 209 g/mol. The quantitative estimate of drug-likeness (QED) is 0.738. The zero-order chi connectivity index (χ0) is 11.3. The van der Waals surface area contributed by atoms with Crippen molar-refractivity contribution in [3.05, 3.63) is 24.0 Å². The number of carbonyl (C=O) groups is 1. The van der Waals surface area contributed by atoms with Gasteiger partial charge in [-0.1, -0.05) is 0 Å². The van der Waals surface area contributed by atoms with Crippen molar-refractivity contribution in [3.8, 4) is 0 Å². The molecule has 0 bridgehead atoms. The predicted molar refractivity (Wildman–Crippen MR) is 57.3 cm³/mol. The molecular weight excluding hydrogens is 194 g/mol. The van der Waals surface area contributed by atoms with Crippen molar-refractivity contribution < 1.29 is 9.90 Å². The smallest absolute Gasteiger partial charge is 0.274 e. The van der Waals surface area contributed by atoms with Crippen LogP contribution in [-0.2, 0) is 0 Å². The highest BCUT2D eigenvalue weighted by atomic mass is 16.3. The van der Waals surface area contributed by atoms with Crippen molar-refractivity contribution in [2.75, 3.05) is 25.4 Å². The number of carbonyl (C=O) groups excluding carboxylic acids is 1. The lowest BCUT2D eigenvalue weighted by atomic mass is 10.2. The molecule has 0 spiro atoms. The Kier molecular flexibility index (Phi) is 4.05. The third-order valence-corrected chi connectivity index (χ3v) is 2.08. The van der Waals surface area contributed by atoms with E-state index < -0.39 is 0 Å². The van der Waals surface area contributed by atoms with E-state index in [2.05, 4.69) is 4.98 Å². The van der Waals surface area contributed by atoms with E-state index in [1.165, 1.54) is 11.1 Å². The van der Waals surface area contributed by atoms with Gasteiger partial charge in [-0.25, -0.2) is 4.98 Å². The van der Waals surface area contributed by atoms with E-state index in [1.54, 1.807) is 12.1 Å². The van der Waals surface area contributed by atoms with Crippen LogP contribution in [0.3, 0.4) is 0 Å². The number of hydrogen-bond acceptors (Lipinski definition) is 4. The van der Waals surface area contributed by atoms with E-state index in [0.717, 1.165) is 0 Å². The summed E-state index contributed by atoms with van der Waals surface area (Å²) >= 11 is 0. The number of nitrogens with zero attached hydrogens (tertiary/aromatic N) is 2. The Morgan fingerprint density at radius 1 is 1.67 bits per heavy atom. The van der Waals surface area contributed by atoms with Gasteiger partial charge in [0.1, 0.15) is 0 Å². The van der Waals surface area contributed by atoms with Gasteiger partial charge in [-0.15, -0.1) is 0 Å². The first-order valence-corrected chi connectivity index (χ1v) is 4.81. The first kappa shape index (κ1) is 11.5. The average molecular weight is 209 g/mol. The summed E-state index contributed by atoms with van der Waals surface area (Å²) < 4.78 is 0. The molecule has 0 aromatic carbocycles. The number of amides is 1. The molecule has 3 N–H and O–H groups in total. The topological polar surface area (TPSA) is 79.5 Å². The molecule has 0 unspecified atom stereocenters. The molecule has 0 aliphatic heterocycles. The highest BCUT2D eigenvalue weighted by Crippen LogP contribution is 2.09. The lowest BCUT2D eigenvalue weighted by Gasteiger charge is -2.19. The van der Waals surface area contributed by atoms with Crippen LogP contribution >= 0.6 is 0 Å². The second-order valence-electron chi connectivity index (χ2n) is 3.05. The summed E-state index contributed by atoms with van der Waals surface area (Å²) in [5, 5.41) is 8.79. The highest BCUT2D eigenvalue weighted by Gasteiger charge is 2.16. The minimum atomic E-state index is -0.246. The van der Waals surface area contributed by atoms with Gasteiger partial charge in [0.05, 0.1) is 12.3 Å². The Balaban J connectivity index is 2.88. The van der Waals surface area contributed by atoms with Gasteiger partial charge in [0.25, 0.3) is 5.91 Å². The van der Waals surface area contributed by atoms with Gasteiger partial charge < -0.3 is 15.7 Å². The summed E-state index contributed by atoms with van der Waals surface area (Å²) in [5.41, 5.74) is 6.24. The summed E-state index contributed by atoms with van der Waals surface area (Å²) in [6, 6.07) is 3.31. The molecule has 0 saturated carbocycles. The maximum absolute atomic E-state index is 11.9. The first-order valence-electron chi connectivity index (χ1n) is 4.81. The van der Waals surface area contributed by atoms with Crippen molar-refractivity contribution in [1.29, 1.82) is 0 Å². The average Bonchev–Trinajstić information content (AvgIpc) is 2.25. The van der Waals surface area contributed by atoms with Crippen LogP contribution in [-0.4, -0.2) is 40.6 Å². The molecule has 0 atom stereocenters. The fourth-order valence-corrected chi connectivity index (χ4v) is 1.27. The van der Waals surface area contributed by atoms with E-state index in [4.69, 9.17) is 10.8 Å². The number of aromatic nitrogens is 1. The Morgan fingerprint density at radius 3 is 2.93 bits per heavy atom. The van der Waals surface area contributed by atoms with Gasteiger partial charge in [0.2, 0.25) is 0 Å². The SMILES string of the molecule is CCN(CCO)C(=O)c1ncccc1N.